The summed E-state index contributed by atoms with van der Waals surface area (Å²) in [6.45, 7) is 2.00. The minimum Gasteiger partial charge on any atom is -0.312 e. The van der Waals surface area contributed by atoms with Gasteiger partial charge in [-0.3, -0.25) is 0 Å². The molecule has 1 nitrogen and oxygen atoms in total. The van der Waals surface area contributed by atoms with Crippen molar-refractivity contribution in [2.75, 3.05) is 12.8 Å². The summed E-state index contributed by atoms with van der Waals surface area (Å²) in [4.78, 5) is 2.78. The van der Waals surface area contributed by atoms with E-state index in [1.807, 2.05) is 11.3 Å². The van der Waals surface area contributed by atoms with Crippen LogP contribution in [0.2, 0.25) is 0 Å². The molecule has 90 valence electrons. The van der Waals surface area contributed by atoms with Gasteiger partial charge in [-0.15, -0.1) is 23.1 Å². The molecule has 1 aromatic heterocycles. The minimum atomic E-state index is 0.958. The van der Waals surface area contributed by atoms with E-state index in [9.17, 15) is 0 Å². The fraction of sp³-hybridized carbons (Fsp3) is 0.286. The first-order valence-electron chi connectivity index (χ1n) is 5.74. The Morgan fingerprint density at radius 1 is 1.18 bits per heavy atom. The fourth-order valence-electron chi connectivity index (χ4n) is 1.64. The predicted molar refractivity (Wildman–Crippen MR) is 78.0 cm³/mol. The van der Waals surface area contributed by atoms with Crippen molar-refractivity contribution in [1.82, 2.24) is 5.32 Å². The monoisotopic (exact) mass is 263 g/mol. The summed E-state index contributed by atoms with van der Waals surface area (Å²) < 4.78 is 0. The highest BCUT2D eigenvalue weighted by Gasteiger charge is 1.95. The van der Waals surface area contributed by atoms with Gasteiger partial charge in [0.05, 0.1) is 0 Å². The molecule has 1 aromatic carbocycles. The summed E-state index contributed by atoms with van der Waals surface area (Å²) in [5, 5.41) is 5.61. The summed E-state index contributed by atoms with van der Waals surface area (Å²) in [6.07, 6.45) is 3.23. The quantitative estimate of drug-likeness (QED) is 0.628. The number of nitrogens with one attached hydrogen (secondary N) is 1. The van der Waals surface area contributed by atoms with Crippen molar-refractivity contribution in [2.24, 2.45) is 0 Å². The number of benzene rings is 1. The van der Waals surface area contributed by atoms with Gasteiger partial charge < -0.3 is 5.32 Å². The van der Waals surface area contributed by atoms with E-state index in [0.29, 0.717) is 0 Å². The third kappa shape index (κ3) is 4.19. The van der Waals surface area contributed by atoms with E-state index in [-0.39, 0.29) is 0 Å². The molecule has 0 saturated heterocycles. The van der Waals surface area contributed by atoms with Crippen molar-refractivity contribution >= 4 is 23.1 Å². The molecular weight excluding hydrogens is 246 g/mol. The van der Waals surface area contributed by atoms with Gasteiger partial charge in [0, 0.05) is 22.9 Å². The van der Waals surface area contributed by atoms with Crippen LogP contribution in [-0.4, -0.2) is 12.8 Å². The fourth-order valence-corrected chi connectivity index (χ4v) is 2.76. The number of thiophene rings is 1. The Labute approximate surface area is 111 Å². The van der Waals surface area contributed by atoms with E-state index in [0.717, 1.165) is 19.5 Å². The first-order valence-corrected chi connectivity index (χ1v) is 7.85. The average Bonchev–Trinajstić information content (AvgIpc) is 2.88. The van der Waals surface area contributed by atoms with Crippen molar-refractivity contribution in [3.05, 3.63) is 52.2 Å². The second kappa shape index (κ2) is 6.84. The zero-order valence-electron chi connectivity index (χ0n) is 9.98. The van der Waals surface area contributed by atoms with E-state index in [2.05, 4.69) is 53.4 Å². The van der Waals surface area contributed by atoms with E-state index in [1.165, 1.54) is 15.3 Å². The average molecular weight is 263 g/mol. The number of hydrogen-bond acceptors (Lipinski definition) is 3. The highest BCUT2D eigenvalue weighted by atomic mass is 32.2. The summed E-state index contributed by atoms with van der Waals surface area (Å²) in [5.74, 6) is 0. The molecule has 1 N–H and O–H groups in total. The molecule has 0 radical (unpaired) electrons. The van der Waals surface area contributed by atoms with Crippen molar-refractivity contribution in [3.63, 3.8) is 0 Å². The predicted octanol–water partition coefficient (Wildman–Crippen LogP) is 3.80. The third-order valence-corrected chi connectivity index (χ3v) is 4.30. The Bertz CT molecular complexity index is 420. The van der Waals surface area contributed by atoms with Gasteiger partial charge in [0.25, 0.3) is 0 Å². The topological polar surface area (TPSA) is 12.0 Å². The van der Waals surface area contributed by atoms with Crippen LogP contribution in [0.4, 0.5) is 0 Å². The molecule has 0 fully saturated rings. The molecule has 0 amide bonds. The smallest absolute Gasteiger partial charge is 0.0205 e. The lowest BCUT2D eigenvalue weighted by atomic mass is 10.2. The van der Waals surface area contributed by atoms with Gasteiger partial charge in [0.2, 0.25) is 0 Å². The summed E-state index contributed by atoms with van der Waals surface area (Å²) in [7, 11) is 0. The molecule has 0 unspecified atom stereocenters. The molecule has 1 heterocycles. The molecule has 0 aliphatic rings. The van der Waals surface area contributed by atoms with Crippen LogP contribution >= 0.6 is 23.1 Å². The standard InChI is InChI=1S/C14H17NS2/c1-16-13-6-4-12(5-7-13)11-15-9-8-14-3-2-10-17-14/h2-7,10,15H,8-9,11H2,1H3. The van der Waals surface area contributed by atoms with Crippen LogP contribution in [0.5, 0.6) is 0 Å². The normalized spacial score (nSPS) is 10.6. The van der Waals surface area contributed by atoms with E-state index < -0.39 is 0 Å². The minimum absolute atomic E-state index is 0.958. The molecule has 0 aliphatic carbocycles. The molecule has 0 saturated carbocycles. The molecule has 2 aromatic rings. The zero-order valence-corrected chi connectivity index (χ0v) is 11.6. The Kier molecular flexibility index (Phi) is 5.10. The third-order valence-electron chi connectivity index (χ3n) is 2.62. The summed E-state index contributed by atoms with van der Waals surface area (Å²) >= 11 is 3.62. The Hall–Kier alpha value is -0.770. The lowest BCUT2D eigenvalue weighted by Gasteiger charge is -2.04. The SMILES string of the molecule is CSc1ccc(CNCCc2cccs2)cc1. The van der Waals surface area contributed by atoms with Gasteiger partial charge in [-0.05, 0) is 41.8 Å². The molecular formula is C14H17NS2. The molecule has 3 heteroatoms. The summed E-state index contributed by atoms with van der Waals surface area (Å²) in [5.41, 5.74) is 1.36. The highest BCUT2D eigenvalue weighted by molar-refractivity contribution is 7.98. The zero-order chi connectivity index (χ0) is 11.9. The molecule has 0 spiro atoms. The van der Waals surface area contributed by atoms with Gasteiger partial charge in [-0.1, -0.05) is 18.2 Å². The van der Waals surface area contributed by atoms with Gasteiger partial charge in [-0.25, -0.2) is 0 Å². The van der Waals surface area contributed by atoms with Gasteiger partial charge in [0.1, 0.15) is 0 Å². The van der Waals surface area contributed by atoms with Crippen LogP contribution in [0.3, 0.4) is 0 Å². The van der Waals surface area contributed by atoms with Gasteiger partial charge in [-0.2, -0.15) is 0 Å². The van der Waals surface area contributed by atoms with Crippen LogP contribution in [0.25, 0.3) is 0 Å². The molecule has 0 bridgehead atoms. The Morgan fingerprint density at radius 3 is 2.65 bits per heavy atom. The molecule has 0 aliphatic heterocycles. The van der Waals surface area contributed by atoms with Crippen LogP contribution in [-0.2, 0) is 13.0 Å². The lowest BCUT2D eigenvalue weighted by molar-refractivity contribution is 0.690. The first-order chi connectivity index (χ1) is 8.38. The van der Waals surface area contributed by atoms with Crippen LogP contribution in [0.1, 0.15) is 10.4 Å². The maximum absolute atomic E-state index is 3.48. The lowest BCUT2D eigenvalue weighted by Crippen LogP contribution is -2.16. The second-order valence-electron chi connectivity index (χ2n) is 3.85. The summed E-state index contributed by atoms with van der Waals surface area (Å²) in [6, 6.07) is 13.1. The molecule has 2 rings (SSSR count). The Morgan fingerprint density at radius 2 is 2.00 bits per heavy atom. The second-order valence-corrected chi connectivity index (χ2v) is 5.77. The van der Waals surface area contributed by atoms with Crippen molar-refractivity contribution in [3.8, 4) is 0 Å². The highest BCUT2D eigenvalue weighted by Crippen LogP contribution is 2.14. The van der Waals surface area contributed by atoms with Crippen molar-refractivity contribution in [1.29, 1.82) is 0 Å². The number of thioether (sulfide) groups is 1. The van der Waals surface area contributed by atoms with Crippen molar-refractivity contribution < 1.29 is 0 Å². The van der Waals surface area contributed by atoms with Gasteiger partial charge in [0.15, 0.2) is 0 Å². The number of rotatable bonds is 6. The van der Waals surface area contributed by atoms with Crippen LogP contribution < -0.4 is 5.32 Å². The van der Waals surface area contributed by atoms with Gasteiger partial charge >= 0.3 is 0 Å². The maximum atomic E-state index is 3.48. The molecule has 17 heavy (non-hydrogen) atoms. The first kappa shape index (κ1) is 12.7. The molecule has 0 atom stereocenters. The van der Waals surface area contributed by atoms with E-state index in [4.69, 9.17) is 0 Å². The maximum Gasteiger partial charge on any atom is 0.0205 e. The number of hydrogen-bond donors (Lipinski definition) is 1. The van der Waals surface area contributed by atoms with E-state index >= 15 is 0 Å². The van der Waals surface area contributed by atoms with Crippen molar-refractivity contribution in [2.45, 2.75) is 17.9 Å². The Balaban J connectivity index is 1.70. The van der Waals surface area contributed by atoms with Crippen LogP contribution in [0, 0.1) is 0 Å². The largest absolute Gasteiger partial charge is 0.312 e. The van der Waals surface area contributed by atoms with Crippen LogP contribution in [0.15, 0.2) is 46.7 Å². The van der Waals surface area contributed by atoms with E-state index in [1.54, 1.807) is 11.8 Å².